The maximum absolute atomic E-state index is 5.55. The molecule has 26 heavy (non-hydrogen) atoms. The quantitative estimate of drug-likeness (QED) is 0.308. The van der Waals surface area contributed by atoms with Gasteiger partial charge in [0.25, 0.3) is 0 Å². The molecular weight excluding hydrogens is 439 g/mol. The Hall–Kier alpha value is -0.860. The van der Waals surface area contributed by atoms with Gasteiger partial charge < -0.3 is 15.4 Å². The van der Waals surface area contributed by atoms with Crippen molar-refractivity contribution in [1.29, 1.82) is 0 Å². The zero-order valence-corrected chi connectivity index (χ0v) is 19.5. The zero-order chi connectivity index (χ0) is 18.7. The van der Waals surface area contributed by atoms with Crippen LogP contribution in [0.4, 0.5) is 0 Å². The average molecular weight is 476 g/mol. The van der Waals surface area contributed by atoms with E-state index in [1.165, 1.54) is 11.1 Å². The van der Waals surface area contributed by atoms with Crippen LogP contribution >= 0.6 is 24.0 Å². The smallest absolute Gasteiger partial charge is 0.191 e. The molecule has 0 saturated carbocycles. The molecule has 6 heteroatoms. The topological polar surface area (TPSA) is 48.9 Å². The Morgan fingerprint density at radius 2 is 1.69 bits per heavy atom. The molecule has 0 saturated heterocycles. The number of halogens is 1. The predicted molar refractivity (Wildman–Crippen MR) is 122 cm³/mol. The number of nitrogens with zero attached hydrogens (tertiary/aromatic N) is 2. The molecule has 0 aliphatic rings. The van der Waals surface area contributed by atoms with Crippen molar-refractivity contribution in [3.63, 3.8) is 0 Å². The van der Waals surface area contributed by atoms with Crippen molar-refractivity contribution in [2.45, 2.75) is 59.9 Å². The van der Waals surface area contributed by atoms with E-state index >= 15 is 0 Å². The molecule has 0 aromatic heterocycles. The monoisotopic (exact) mass is 476 g/mol. The lowest BCUT2D eigenvalue weighted by molar-refractivity contribution is 0.133. The van der Waals surface area contributed by atoms with Gasteiger partial charge in [0, 0.05) is 45.4 Å². The summed E-state index contributed by atoms with van der Waals surface area (Å²) in [7, 11) is 1.81. The number of benzene rings is 1. The number of guanidine groups is 1. The average Bonchev–Trinajstić information content (AvgIpc) is 2.59. The van der Waals surface area contributed by atoms with Gasteiger partial charge in [0.15, 0.2) is 5.96 Å². The highest BCUT2D eigenvalue weighted by Crippen LogP contribution is 2.10. The Balaban J connectivity index is 0.00000625. The summed E-state index contributed by atoms with van der Waals surface area (Å²) in [5.41, 5.74) is 2.46. The highest BCUT2D eigenvalue weighted by Gasteiger charge is 2.12. The van der Waals surface area contributed by atoms with E-state index in [-0.39, 0.29) is 24.0 Å². The molecule has 0 heterocycles. The van der Waals surface area contributed by atoms with Crippen molar-refractivity contribution in [2.24, 2.45) is 4.99 Å². The third-order valence-corrected chi connectivity index (χ3v) is 4.24. The molecule has 0 amide bonds. The molecule has 0 bridgehead atoms. The SMILES string of the molecule is CCOCc1ccccc1CNC(=NC)NCCN(C(C)C)C(C)C.I. The van der Waals surface area contributed by atoms with Gasteiger partial charge in [0.2, 0.25) is 0 Å². The van der Waals surface area contributed by atoms with Gasteiger partial charge in [-0.2, -0.15) is 0 Å². The first-order valence-electron chi connectivity index (χ1n) is 9.34. The number of aliphatic imine (C=N–C) groups is 1. The third kappa shape index (κ3) is 9.19. The summed E-state index contributed by atoms with van der Waals surface area (Å²) in [6.45, 7) is 15.0. The van der Waals surface area contributed by atoms with E-state index in [0.29, 0.717) is 18.7 Å². The lowest BCUT2D eigenvalue weighted by Crippen LogP contribution is -2.45. The second-order valence-corrected chi connectivity index (χ2v) is 6.68. The molecule has 2 N–H and O–H groups in total. The first-order valence-corrected chi connectivity index (χ1v) is 9.34. The van der Waals surface area contributed by atoms with E-state index < -0.39 is 0 Å². The molecular formula is C20H37IN4O. The van der Waals surface area contributed by atoms with Gasteiger partial charge in [0.05, 0.1) is 6.61 Å². The van der Waals surface area contributed by atoms with Crippen LogP contribution in [-0.4, -0.2) is 49.7 Å². The van der Waals surface area contributed by atoms with Crippen LogP contribution < -0.4 is 10.6 Å². The fourth-order valence-corrected chi connectivity index (χ4v) is 2.90. The minimum Gasteiger partial charge on any atom is -0.377 e. The molecule has 0 atom stereocenters. The van der Waals surface area contributed by atoms with Crippen molar-refractivity contribution in [3.05, 3.63) is 35.4 Å². The van der Waals surface area contributed by atoms with Crippen LogP contribution in [0.5, 0.6) is 0 Å². The first kappa shape index (κ1) is 25.1. The predicted octanol–water partition coefficient (Wildman–Crippen LogP) is 3.62. The number of rotatable bonds is 10. The van der Waals surface area contributed by atoms with Crippen LogP contribution in [0.25, 0.3) is 0 Å². The number of hydrogen-bond acceptors (Lipinski definition) is 3. The minimum atomic E-state index is 0. The molecule has 0 fully saturated rings. The Kier molecular flexibility index (Phi) is 13.8. The molecule has 0 spiro atoms. The van der Waals surface area contributed by atoms with Crippen molar-refractivity contribution < 1.29 is 4.74 Å². The Morgan fingerprint density at radius 3 is 2.23 bits per heavy atom. The van der Waals surface area contributed by atoms with Crippen LogP contribution in [0.2, 0.25) is 0 Å². The zero-order valence-electron chi connectivity index (χ0n) is 17.2. The standard InChI is InChI=1S/C20H36N4O.HI/c1-7-25-15-19-11-9-8-10-18(19)14-23-20(21-6)22-12-13-24(16(2)3)17(4)5;/h8-11,16-17H,7,12-15H2,1-6H3,(H2,21,22,23);1H. The molecule has 150 valence electrons. The fraction of sp³-hybridized carbons (Fsp3) is 0.650. The summed E-state index contributed by atoms with van der Waals surface area (Å²) in [6.07, 6.45) is 0. The molecule has 5 nitrogen and oxygen atoms in total. The van der Waals surface area contributed by atoms with Crippen molar-refractivity contribution in [2.75, 3.05) is 26.7 Å². The fourth-order valence-electron chi connectivity index (χ4n) is 2.90. The summed E-state index contributed by atoms with van der Waals surface area (Å²) in [5, 5.41) is 6.81. The summed E-state index contributed by atoms with van der Waals surface area (Å²) in [5.74, 6) is 0.832. The maximum Gasteiger partial charge on any atom is 0.191 e. The maximum atomic E-state index is 5.55. The molecule has 0 unspecified atom stereocenters. The van der Waals surface area contributed by atoms with Crippen molar-refractivity contribution in [1.82, 2.24) is 15.5 Å². The van der Waals surface area contributed by atoms with Crippen LogP contribution in [0, 0.1) is 0 Å². The molecule has 0 aliphatic carbocycles. The van der Waals surface area contributed by atoms with E-state index in [9.17, 15) is 0 Å². The number of hydrogen-bond donors (Lipinski definition) is 2. The van der Waals surface area contributed by atoms with E-state index in [4.69, 9.17) is 4.74 Å². The van der Waals surface area contributed by atoms with Gasteiger partial charge in [-0.25, -0.2) is 0 Å². The Morgan fingerprint density at radius 1 is 1.08 bits per heavy atom. The lowest BCUT2D eigenvalue weighted by atomic mass is 10.1. The molecule has 1 rings (SSSR count). The summed E-state index contributed by atoms with van der Waals surface area (Å²) >= 11 is 0. The third-order valence-electron chi connectivity index (χ3n) is 4.24. The highest BCUT2D eigenvalue weighted by atomic mass is 127. The molecule has 0 radical (unpaired) electrons. The largest absolute Gasteiger partial charge is 0.377 e. The second-order valence-electron chi connectivity index (χ2n) is 6.68. The van der Waals surface area contributed by atoms with Crippen LogP contribution in [0.3, 0.4) is 0 Å². The molecule has 1 aromatic carbocycles. The molecule has 0 aliphatic heterocycles. The first-order chi connectivity index (χ1) is 12.0. The Labute approximate surface area is 177 Å². The van der Waals surface area contributed by atoms with E-state index in [2.05, 4.69) is 72.5 Å². The van der Waals surface area contributed by atoms with Crippen LogP contribution in [-0.2, 0) is 17.9 Å². The van der Waals surface area contributed by atoms with Crippen LogP contribution in [0.15, 0.2) is 29.3 Å². The second kappa shape index (κ2) is 14.2. The van der Waals surface area contributed by atoms with E-state index in [1.54, 1.807) is 0 Å². The van der Waals surface area contributed by atoms with Gasteiger partial charge in [-0.3, -0.25) is 9.89 Å². The molecule has 1 aromatic rings. The van der Waals surface area contributed by atoms with Crippen molar-refractivity contribution in [3.8, 4) is 0 Å². The Bertz CT molecular complexity index is 512. The number of nitrogens with one attached hydrogen (secondary N) is 2. The minimum absolute atomic E-state index is 0. The summed E-state index contributed by atoms with van der Waals surface area (Å²) in [4.78, 5) is 6.80. The van der Waals surface area contributed by atoms with Crippen molar-refractivity contribution >= 4 is 29.9 Å². The summed E-state index contributed by atoms with van der Waals surface area (Å²) in [6, 6.07) is 9.45. The van der Waals surface area contributed by atoms with Gasteiger partial charge in [-0.05, 0) is 45.7 Å². The normalized spacial score (nSPS) is 11.8. The van der Waals surface area contributed by atoms with E-state index in [1.807, 2.05) is 14.0 Å². The van der Waals surface area contributed by atoms with Gasteiger partial charge >= 0.3 is 0 Å². The van der Waals surface area contributed by atoms with Gasteiger partial charge in [0.1, 0.15) is 0 Å². The van der Waals surface area contributed by atoms with Gasteiger partial charge in [-0.15, -0.1) is 24.0 Å². The van der Waals surface area contributed by atoms with E-state index in [0.717, 1.165) is 32.2 Å². The highest BCUT2D eigenvalue weighted by molar-refractivity contribution is 14.0. The lowest BCUT2D eigenvalue weighted by Gasteiger charge is -2.30. The van der Waals surface area contributed by atoms with Gasteiger partial charge in [-0.1, -0.05) is 24.3 Å². The number of ether oxygens (including phenoxy) is 1. The van der Waals surface area contributed by atoms with Crippen LogP contribution in [0.1, 0.15) is 45.7 Å². The summed E-state index contributed by atoms with van der Waals surface area (Å²) < 4.78 is 5.55.